The van der Waals surface area contributed by atoms with Crippen molar-refractivity contribution in [3.63, 3.8) is 0 Å². The minimum Gasteiger partial charge on any atom is -0.399 e. The van der Waals surface area contributed by atoms with Crippen LogP contribution >= 0.6 is 0 Å². The van der Waals surface area contributed by atoms with Gasteiger partial charge in [-0.3, -0.25) is 0 Å². The molecule has 0 aromatic heterocycles. The van der Waals surface area contributed by atoms with E-state index in [4.69, 9.17) is 5.73 Å². The number of anilines is 1. The molecule has 0 atom stereocenters. The molecule has 0 bridgehead atoms. The second-order valence-corrected chi connectivity index (χ2v) is 7.79. The highest BCUT2D eigenvalue weighted by atomic mass is 14.5. The van der Waals surface area contributed by atoms with Gasteiger partial charge in [0.25, 0.3) is 0 Å². The average molecular weight is 376 g/mol. The van der Waals surface area contributed by atoms with Gasteiger partial charge in [-0.2, -0.15) is 0 Å². The van der Waals surface area contributed by atoms with E-state index < -0.39 is 0 Å². The molecule has 2 N–H and O–H groups in total. The van der Waals surface area contributed by atoms with Gasteiger partial charge in [0.15, 0.2) is 0 Å². The van der Waals surface area contributed by atoms with Crippen LogP contribution in [0.15, 0.2) is 60.7 Å². The summed E-state index contributed by atoms with van der Waals surface area (Å²) in [6.07, 6.45) is 17.0. The normalized spacial score (nSPS) is 11.5. The van der Waals surface area contributed by atoms with E-state index in [0.29, 0.717) is 0 Å². The molecule has 0 aliphatic heterocycles. The molecule has 0 saturated carbocycles. The van der Waals surface area contributed by atoms with E-state index in [1.165, 1.54) is 68.1 Å². The summed E-state index contributed by atoms with van der Waals surface area (Å²) in [5, 5.41) is 0. The molecule has 0 amide bonds. The summed E-state index contributed by atoms with van der Waals surface area (Å²) in [6.45, 7) is 6.12. The number of unbranched alkanes of at least 4 members (excludes halogenated alkanes) is 5. The number of benzene rings is 2. The maximum absolute atomic E-state index is 5.91. The Labute approximate surface area is 172 Å². The first-order valence-electron chi connectivity index (χ1n) is 11.0. The lowest BCUT2D eigenvalue weighted by atomic mass is 9.97. The molecule has 2 aromatic rings. The molecule has 150 valence electrons. The van der Waals surface area contributed by atoms with E-state index in [-0.39, 0.29) is 0 Å². The third-order valence-electron chi connectivity index (χ3n) is 5.31. The SMILES string of the molecule is C=Cc1ccc(/C=C(\CCCCCCCC)CCCc2cccc(N)c2)cc1. The zero-order valence-electron chi connectivity index (χ0n) is 17.6. The monoisotopic (exact) mass is 375 g/mol. The largest absolute Gasteiger partial charge is 0.399 e. The van der Waals surface area contributed by atoms with Gasteiger partial charge in [-0.25, -0.2) is 0 Å². The first kappa shape index (κ1) is 22.0. The van der Waals surface area contributed by atoms with Crippen LogP contribution in [0.4, 0.5) is 5.69 Å². The molecule has 0 saturated heterocycles. The number of hydrogen-bond donors (Lipinski definition) is 1. The summed E-state index contributed by atoms with van der Waals surface area (Å²) in [6, 6.07) is 17.0. The molecule has 1 heteroatoms. The van der Waals surface area contributed by atoms with Crippen LogP contribution in [0.1, 0.15) is 81.4 Å². The first-order valence-corrected chi connectivity index (χ1v) is 11.0. The van der Waals surface area contributed by atoms with E-state index in [0.717, 1.165) is 18.5 Å². The smallest absolute Gasteiger partial charge is 0.0316 e. The van der Waals surface area contributed by atoms with E-state index >= 15 is 0 Å². The Morgan fingerprint density at radius 3 is 2.25 bits per heavy atom. The van der Waals surface area contributed by atoms with Gasteiger partial charge in [0.1, 0.15) is 0 Å². The Balaban J connectivity index is 1.92. The third kappa shape index (κ3) is 8.61. The highest BCUT2D eigenvalue weighted by Gasteiger charge is 2.02. The maximum Gasteiger partial charge on any atom is 0.0316 e. The van der Waals surface area contributed by atoms with Gasteiger partial charge in [0.2, 0.25) is 0 Å². The summed E-state index contributed by atoms with van der Waals surface area (Å²) < 4.78 is 0. The fourth-order valence-corrected chi connectivity index (χ4v) is 3.63. The van der Waals surface area contributed by atoms with Crippen LogP contribution < -0.4 is 5.73 Å². The van der Waals surface area contributed by atoms with Crippen LogP contribution in [0.5, 0.6) is 0 Å². The lowest BCUT2D eigenvalue weighted by molar-refractivity contribution is 0.601. The molecular weight excluding hydrogens is 338 g/mol. The number of nitrogen functional groups attached to an aromatic ring is 1. The molecule has 0 spiro atoms. The fourth-order valence-electron chi connectivity index (χ4n) is 3.63. The van der Waals surface area contributed by atoms with Crippen molar-refractivity contribution in [1.82, 2.24) is 0 Å². The third-order valence-corrected chi connectivity index (χ3v) is 5.31. The van der Waals surface area contributed by atoms with Crippen LogP contribution in [0.25, 0.3) is 12.2 Å². The lowest BCUT2D eigenvalue weighted by Gasteiger charge is -2.09. The summed E-state index contributed by atoms with van der Waals surface area (Å²) in [7, 11) is 0. The van der Waals surface area contributed by atoms with E-state index in [2.05, 4.69) is 62.0 Å². The van der Waals surface area contributed by atoms with Gasteiger partial charge >= 0.3 is 0 Å². The standard InChI is InChI=1S/C27H37N/c1-3-5-6-7-8-9-12-24(21-26-19-17-23(4-2)18-20-26)13-10-14-25-15-11-16-27(28)22-25/h4,11,15-22H,2-3,5-10,12-14,28H2,1H3/b24-21+. The molecule has 0 fully saturated rings. The Morgan fingerprint density at radius 1 is 0.857 bits per heavy atom. The van der Waals surface area contributed by atoms with Crippen molar-refractivity contribution in [2.45, 2.75) is 71.1 Å². The van der Waals surface area contributed by atoms with Crippen molar-refractivity contribution in [2.75, 3.05) is 5.73 Å². The highest BCUT2D eigenvalue weighted by Crippen LogP contribution is 2.21. The van der Waals surface area contributed by atoms with Gasteiger partial charge in [0, 0.05) is 5.69 Å². The first-order chi connectivity index (χ1) is 13.7. The molecule has 28 heavy (non-hydrogen) atoms. The number of aryl methyl sites for hydroxylation is 1. The van der Waals surface area contributed by atoms with Crippen LogP contribution in [0.3, 0.4) is 0 Å². The number of allylic oxidation sites excluding steroid dienone is 1. The molecule has 0 radical (unpaired) electrons. The summed E-state index contributed by atoms with van der Waals surface area (Å²) in [5.74, 6) is 0. The molecule has 0 aliphatic carbocycles. The van der Waals surface area contributed by atoms with Crippen molar-refractivity contribution in [1.29, 1.82) is 0 Å². The minimum absolute atomic E-state index is 0.864. The second-order valence-electron chi connectivity index (χ2n) is 7.79. The van der Waals surface area contributed by atoms with E-state index in [9.17, 15) is 0 Å². The number of nitrogens with two attached hydrogens (primary N) is 1. The zero-order valence-corrected chi connectivity index (χ0v) is 17.6. The summed E-state index contributed by atoms with van der Waals surface area (Å²) >= 11 is 0. The van der Waals surface area contributed by atoms with Crippen LogP contribution in [-0.2, 0) is 6.42 Å². The molecular formula is C27H37N. The zero-order chi connectivity index (χ0) is 20.0. The van der Waals surface area contributed by atoms with Crippen LogP contribution in [0, 0.1) is 0 Å². The lowest BCUT2D eigenvalue weighted by Crippen LogP contribution is -1.92. The Kier molecular flexibility index (Phi) is 10.2. The van der Waals surface area contributed by atoms with Crippen LogP contribution in [0.2, 0.25) is 0 Å². The maximum atomic E-state index is 5.91. The fraction of sp³-hybridized carbons (Fsp3) is 0.407. The van der Waals surface area contributed by atoms with Gasteiger partial charge in [-0.05, 0) is 60.9 Å². The van der Waals surface area contributed by atoms with Crippen molar-refractivity contribution in [3.8, 4) is 0 Å². The Morgan fingerprint density at radius 2 is 1.54 bits per heavy atom. The Bertz CT molecular complexity index is 724. The quantitative estimate of drug-likeness (QED) is 0.278. The van der Waals surface area contributed by atoms with Gasteiger partial charge in [-0.15, -0.1) is 0 Å². The summed E-state index contributed by atoms with van der Waals surface area (Å²) in [4.78, 5) is 0. The van der Waals surface area contributed by atoms with Gasteiger partial charge in [0.05, 0.1) is 0 Å². The molecule has 0 unspecified atom stereocenters. The molecule has 2 aromatic carbocycles. The van der Waals surface area contributed by atoms with E-state index in [1.54, 1.807) is 5.57 Å². The van der Waals surface area contributed by atoms with Crippen molar-refractivity contribution < 1.29 is 0 Å². The van der Waals surface area contributed by atoms with Crippen molar-refractivity contribution in [2.24, 2.45) is 0 Å². The average Bonchev–Trinajstić information content (AvgIpc) is 2.71. The molecule has 0 aliphatic rings. The van der Waals surface area contributed by atoms with Gasteiger partial charge in [-0.1, -0.05) is 99.7 Å². The number of hydrogen-bond acceptors (Lipinski definition) is 1. The van der Waals surface area contributed by atoms with Crippen molar-refractivity contribution >= 4 is 17.8 Å². The molecule has 1 nitrogen and oxygen atoms in total. The Hall–Kier alpha value is -2.28. The number of rotatable bonds is 13. The molecule has 2 rings (SSSR count). The predicted molar refractivity (Wildman–Crippen MR) is 126 cm³/mol. The van der Waals surface area contributed by atoms with Gasteiger partial charge < -0.3 is 5.73 Å². The summed E-state index contributed by atoms with van der Waals surface area (Å²) in [5.41, 5.74) is 12.2. The molecule has 0 heterocycles. The minimum atomic E-state index is 0.864. The van der Waals surface area contributed by atoms with Crippen molar-refractivity contribution in [3.05, 3.63) is 77.4 Å². The highest BCUT2D eigenvalue weighted by molar-refractivity contribution is 5.56. The second kappa shape index (κ2) is 13.0. The topological polar surface area (TPSA) is 26.0 Å². The van der Waals surface area contributed by atoms with Crippen LogP contribution in [-0.4, -0.2) is 0 Å². The predicted octanol–water partition coefficient (Wildman–Crippen LogP) is 8.07. The van der Waals surface area contributed by atoms with E-state index in [1.807, 2.05) is 12.1 Å².